The van der Waals surface area contributed by atoms with Gasteiger partial charge in [0, 0.05) is 11.8 Å². The molecule has 14 nitrogen and oxygen atoms in total. The molecule has 0 unspecified atom stereocenters. The second kappa shape index (κ2) is 11.6. The molecule has 236 valence electrons. The normalized spacial score (nSPS) is 20.0. The third-order valence-corrected chi connectivity index (χ3v) is 8.09. The average molecular weight is 626 g/mol. The van der Waals surface area contributed by atoms with Crippen LogP contribution < -0.4 is 40.3 Å². The van der Waals surface area contributed by atoms with Crippen molar-refractivity contribution in [2.75, 3.05) is 27.6 Å². The number of halogens is 1. The monoisotopic (exact) mass is 625 g/mol. The number of hydrogen-bond acceptors (Lipinski definition) is 11. The lowest BCUT2D eigenvalue weighted by Crippen LogP contribution is -2.44. The van der Waals surface area contributed by atoms with E-state index in [4.69, 9.17) is 28.4 Å². The van der Waals surface area contributed by atoms with Gasteiger partial charge in [-0.3, -0.25) is 23.9 Å². The Bertz CT molecular complexity index is 1810. The van der Waals surface area contributed by atoms with Gasteiger partial charge in [0.2, 0.25) is 24.3 Å². The van der Waals surface area contributed by atoms with Gasteiger partial charge in [-0.15, -0.1) is 0 Å². The maximum absolute atomic E-state index is 13.6. The quantitative estimate of drug-likeness (QED) is 0.270. The molecule has 0 bridgehead atoms. The lowest BCUT2D eigenvalue weighted by Gasteiger charge is -2.34. The molecular formula is C30H28FN3O11. The molecule has 0 saturated carbocycles. The number of amides is 1. The Labute approximate surface area is 253 Å². The number of nitrogens with one attached hydrogen (secondary N) is 2. The second-order valence-corrected chi connectivity index (χ2v) is 10.8. The fourth-order valence-electron chi connectivity index (χ4n) is 5.97. The molecule has 3 heterocycles. The first-order chi connectivity index (χ1) is 21.6. The molecule has 15 heteroatoms. The summed E-state index contributed by atoms with van der Waals surface area (Å²) in [5, 5.41) is 2.37. The van der Waals surface area contributed by atoms with E-state index in [0.717, 1.165) is 11.1 Å². The predicted octanol–water partition coefficient (Wildman–Crippen LogP) is 1.01. The molecule has 45 heavy (non-hydrogen) atoms. The van der Waals surface area contributed by atoms with Crippen molar-refractivity contribution in [2.24, 2.45) is 11.8 Å². The molecule has 3 aliphatic rings. The third-order valence-electron chi connectivity index (χ3n) is 8.09. The average Bonchev–Trinajstić information content (AvgIpc) is 3.63. The number of aromatic amines is 1. The molecular weight excluding hydrogens is 597 g/mol. The molecule has 2 aromatic carbocycles. The number of rotatable bonds is 8. The molecule has 1 aromatic heterocycles. The van der Waals surface area contributed by atoms with E-state index in [2.05, 4.69) is 5.32 Å². The van der Waals surface area contributed by atoms with Crippen molar-refractivity contribution in [3.05, 3.63) is 73.8 Å². The number of fused-ring (bicyclic) bond motifs is 3. The largest absolute Gasteiger partial charge is 0.493 e. The van der Waals surface area contributed by atoms with Gasteiger partial charge in [0.25, 0.3) is 5.56 Å². The minimum Gasteiger partial charge on any atom is -0.493 e. The van der Waals surface area contributed by atoms with Crippen LogP contribution in [0.3, 0.4) is 0 Å². The summed E-state index contributed by atoms with van der Waals surface area (Å²) in [5.41, 5.74) is 0.298. The van der Waals surface area contributed by atoms with Crippen molar-refractivity contribution in [3.8, 4) is 28.7 Å². The molecule has 1 amide bonds. The predicted molar refractivity (Wildman–Crippen MR) is 150 cm³/mol. The van der Waals surface area contributed by atoms with Crippen LogP contribution in [0, 0.1) is 17.7 Å². The van der Waals surface area contributed by atoms with Crippen LogP contribution >= 0.6 is 0 Å². The van der Waals surface area contributed by atoms with E-state index in [0.29, 0.717) is 34.2 Å². The van der Waals surface area contributed by atoms with Crippen molar-refractivity contribution in [1.82, 2.24) is 14.9 Å². The van der Waals surface area contributed by atoms with Gasteiger partial charge in [-0.05, 0) is 54.3 Å². The molecule has 0 radical (unpaired) electrons. The van der Waals surface area contributed by atoms with Gasteiger partial charge in [0.1, 0.15) is 12.6 Å². The summed E-state index contributed by atoms with van der Waals surface area (Å²) in [6, 6.07) is 5.88. The molecule has 0 spiro atoms. The van der Waals surface area contributed by atoms with Crippen LogP contribution in [0.5, 0.6) is 28.7 Å². The number of nitrogens with zero attached hydrogens (tertiary/aromatic N) is 1. The molecule has 2 aliphatic heterocycles. The van der Waals surface area contributed by atoms with E-state index >= 15 is 0 Å². The van der Waals surface area contributed by atoms with Crippen molar-refractivity contribution in [3.63, 3.8) is 0 Å². The standard InChI is InChI=1S/C30H28FN3O11/c1-13(32-23(35)10-34-9-18(31)27(36)33-30(34)39)28(37)45-26-21(40-2)6-15(7-22(26)41-3)24-17-8-20-19(43-12-44-20)5-14(17)4-16-11-42-29(38)25(16)24/h5-9,13,16,24-25H,4,10-12H2,1-3H3,(H,32,35)(H,33,36,39)/t13-,16-,24+,25-/m0/s1. The van der Waals surface area contributed by atoms with Crippen LogP contribution in [-0.2, 0) is 32.1 Å². The van der Waals surface area contributed by atoms with E-state index in [-0.39, 0.29) is 42.5 Å². The molecule has 2 N–H and O–H groups in total. The van der Waals surface area contributed by atoms with Crippen LogP contribution in [0.2, 0.25) is 0 Å². The molecule has 1 saturated heterocycles. The Morgan fingerprint density at radius 1 is 1.07 bits per heavy atom. The first-order valence-electron chi connectivity index (χ1n) is 13.9. The highest BCUT2D eigenvalue weighted by molar-refractivity contribution is 5.86. The number of esters is 2. The summed E-state index contributed by atoms with van der Waals surface area (Å²) >= 11 is 0. The van der Waals surface area contributed by atoms with Crippen molar-refractivity contribution in [2.45, 2.75) is 31.8 Å². The summed E-state index contributed by atoms with van der Waals surface area (Å²) < 4.78 is 47.7. The van der Waals surface area contributed by atoms with Crippen LogP contribution in [0.25, 0.3) is 0 Å². The number of hydrogen-bond donors (Lipinski definition) is 2. The lowest BCUT2D eigenvalue weighted by molar-refractivity contribution is -0.141. The Balaban J connectivity index is 1.27. The van der Waals surface area contributed by atoms with Crippen LogP contribution in [0.15, 0.2) is 40.1 Å². The van der Waals surface area contributed by atoms with E-state index in [1.54, 1.807) is 17.1 Å². The van der Waals surface area contributed by atoms with E-state index in [1.807, 2.05) is 12.1 Å². The minimum absolute atomic E-state index is 0.0685. The van der Waals surface area contributed by atoms with Crippen LogP contribution in [0.1, 0.15) is 29.5 Å². The SMILES string of the molecule is COc1cc([C@@H]2c3cc4c(cc3C[C@H]3COC(=O)[C@@H]32)OCO4)cc(OC)c1OC(=O)[C@H](C)NC(=O)Cn1cc(F)c(=O)[nH]c1=O. The maximum atomic E-state index is 13.6. The van der Waals surface area contributed by atoms with Gasteiger partial charge in [-0.2, -0.15) is 4.39 Å². The highest BCUT2D eigenvalue weighted by Gasteiger charge is 2.48. The van der Waals surface area contributed by atoms with Gasteiger partial charge in [-0.1, -0.05) is 0 Å². The third kappa shape index (κ3) is 5.45. The van der Waals surface area contributed by atoms with Gasteiger partial charge in [0.05, 0.1) is 32.9 Å². The molecule has 6 rings (SSSR count). The van der Waals surface area contributed by atoms with Crippen LogP contribution in [-0.4, -0.2) is 61.1 Å². The number of carbonyl (C=O) groups excluding carboxylic acids is 3. The van der Waals surface area contributed by atoms with E-state index in [1.165, 1.54) is 21.1 Å². The van der Waals surface area contributed by atoms with Gasteiger partial charge < -0.3 is 33.7 Å². The minimum atomic E-state index is -1.25. The molecule has 4 atom stereocenters. The van der Waals surface area contributed by atoms with Gasteiger partial charge >= 0.3 is 17.6 Å². The Kier molecular flexibility index (Phi) is 7.68. The van der Waals surface area contributed by atoms with Crippen molar-refractivity contribution < 1.29 is 47.2 Å². The maximum Gasteiger partial charge on any atom is 0.333 e. The topological polar surface area (TPSA) is 173 Å². The van der Waals surface area contributed by atoms with Gasteiger partial charge in [0.15, 0.2) is 23.0 Å². The Morgan fingerprint density at radius 2 is 1.76 bits per heavy atom. The summed E-state index contributed by atoms with van der Waals surface area (Å²) in [6.07, 6.45) is 1.21. The zero-order valence-corrected chi connectivity index (χ0v) is 24.3. The zero-order chi connectivity index (χ0) is 32.0. The number of cyclic esters (lactones) is 1. The number of ether oxygens (including phenoxy) is 6. The summed E-state index contributed by atoms with van der Waals surface area (Å²) in [4.78, 5) is 63.4. The molecule has 1 aliphatic carbocycles. The number of carbonyl (C=O) groups is 3. The summed E-state index contributed by atoms with van der Waals surface area (Å²) in [6.45, 7) is 1.06. The highest BCUT2D eigenvalue weighted by atomic mass is 19.1. The first-order valence-corrected chi connectivity index (χ1v) is 13.9. The summed E-state index contributed by atoms with van der Waals surface area (Å²) in [5.74, 6) is -2.93. The Morgan fingerprint density at radius 3 is 2.44 bits per heavy atom. The molecule has 1 fully saturated rings. The zero-order valence-electron chi connectivity index (χ0n) is 24.3. The fourth-order valence-corrected chi connectivity index (χ4v) is 5.97. The number of H-pyrrole nitrogens is 1. The van der Waals surface area contributed by atoms with Crippen molar-refractivity contribution >= 4 is 17.8 Å². The van der Waals surface area contributed by atoms with Crippen molar-refractivity contribution in [1.29, 1.82) is 0 Å². The number of methoxy groups -OCH3 is 2. The van der Waals surface area contributed by atoms with E-state index in [9.17, 15) is 28.4 Å². The Hall–Kier alpha value is -5.34. The smallest absolute Gasteiger partial charge is 0.333 e. The van der Waals surface area contributed by atoms with Gasteiger partial charge in [-0.25, -0.2) is 9.59 Å². The highest BCUT2D eigenvalue weighted by Crippen LogP contribution is 2.52. The number of aromatic nitrogens is 2. The van der Waals surface area contributed by atoms with Crippen LogP contribution in [0.4, 0.5) is 4.39 Å². The fraction of sp³-hybridized carbons (Fsp3) is 0.367. The lowest BCUT2D eigenvalue weighted by atomic mass is 9.67. The first kappa shape index (κ1) is 29.7. The second-order valence-electron chi connectivity index (χ2n) is 10.8. The van der Waals surface area contributed by atoms with E-state index < -0.39 is 53.4 Å². The molecule has 3 aromatic rings. The number of benzene rings is 2. The summed E-state index contributed by atoms with van der Waals surface area (Å²) in [7, 11) is 2.75.